The number of carbonyl (C=O) groups excluding carboxylic acids is 4. The van der Waals surface area contributed by atoms with Gasteiger partial charge in [-0.15, -0.1) is 11.3 Å². The van der Waals surface area contributed by atoms with Gasteiger partial charge in [0.1, 0.15) is 17.0 Å². The molecule has 0 spiro atoms. The van der Waals surface area contributed by atoms with Crippen LogP contribution in [0.2, 0.25) is 0 Å². The Morgan fingerprint density at radius 3 is 1.98 bits per heavy atom. The van der Waals surface area contributed by atoms with Gasteiger partial charge in [0.2, 0.25) is 0 Å². The first-order chi connectivity index (χ1) is 21.7. The van der Waals surface area contributed by atoms with Gasteiger partial charge in [0.25, 0.3) is 11.8 Å². The predicted octanol–water partition coefficient (Wildman–Crippen LogP) is 7.29. The molecule has 2 amide bonds. The Hall–Kier alpha value is -3.05. The lowest BCUT2D eigenvalue weighted by atomic mass is 9.94. The number of amides is 2. The highest BCUT2D eigenvalue weighted by Gasteiger charge is 2.20. The van der Waals surface area contributed by atoms with Crippen molar-refractivity contribution in [1.29, 1.82) is 0 Å². The molecule has 2 rings (SSSR count). The Kier molecular flexibility index (Phi) is 22.6. The molecule has 0 bridgehead atoms. The van der Waals surface area contributed by atoms with Gasteiger partial charge in [-0.05, 0) is 58.3 Å². The number of hydrogen-bond donors (Lipinski definition) is 2. The Balaban J connectivity index is 0.000000920. The molecule has 1 aromatic rings. The number of carbonyl (C=O) groups is 4. The van der Waals surface area contributed by atoms with Crippen molar-refractivity contribution in [3.8, 4) is 0 Å². The number of nitrogens with one attached hydrogen (secondary N) is 2. The summed E-state index contributed by atoms with van der Waals surface area (Å²) in [5, 5.41) is 7.13. The van der Waals surface area contributed by atoms with Crippen LogP contribution < -0.4 is 10.6 Å². The Labute approximate surface area is 281 Å². The molecule has 1 aliphatic heterocycles. The zero-order valence-electron chi connectivity index (χ0n) is 29.6. The second-order valence-corrected chi connectivity index (χ2v) is 13.3. The maximum atomic E-state index is 12.1. The molecule has 0 atom stereocenters. The smallest absolute Gasteiger partial charge is 0.354 e. The van der Waals surface area contributed by atoms with Gasteiger partial charge in [0, 0.05) is 25.5 Å². The van der Waals surface area contributed by atoms with Crippen LogP contribution in [0.4, 0.5) is 0 Å². The van der Waals surface area contributed by atoms with Gasteiger partial charge in [-0.1, -0.05) is 79.4 Å². The molecule has 0 aliphatic carbocycles. The van der Waals surface area contributed by atoms with Crippen molar-refractivity contribution in [2.75, 3.05) is 19.8 Å². The number of aryl methyl sites for hydroxylation is 1. The van der Waals surface area contributed by atoms with Crippen LogP contribution in [0.5, 0.6) is 0 Å². The highest BCUT2D eigenvalue weighted by Crippen LogP contribution is 2.19. The highest BCUT2D eigenvalue weighted by atomic mass is 32.1. The molecule has 262 valence electrons. The van der Waals surface area contributed by atoms with E-state index in [-0.39, 0.29) is 41.2 Å². The molecular weight excluding hydrogens is 606 g/mol. The van der Waals surface area contributed by atoms with Crippen LogP contribution >= 0.6 is 11.3 Å². The summed E-state index contributed by atoms with van der Waals surface area (Å²) in [6.07, 6.45) is 11.8. The molecule has 0 radical (unpaired) electrons. The molecule has 1 fully saturated rings. The van der Waals surface area contributed by atoms with Crippen molar-refractivity contribution >= 4 is 35.1 Å². The lowest BCUT2D eigenvalue weighted by molar-refractivity contribution is -0.152. The maximum Gasteiger partial charge on any atom is 0.354 e. The SMILES string of the molecule is C=C(NC(=O)c1csc(CCC)n1)C(=O)NC(=C)C(=O)OCC1CCOCC1.CC(=O)OC(C)(C)C.CCCC(CCC)CCC. The third-order valence-electron chi connectivity index (χ3n) is 6.63. The Bertz CT molecular complexity index is 1070. The normalized spacial score (nSPS) is 12.9. The minimum atomic E-state index is -0.745. The van der Waals surface area contributed by atoms with Crippen molar-refractivity contribution in [3.05, 3.63) is 40.6 Å². The Morgan fingerprint density at radius 2 is 1.52 bits per heavy atom. The molecule has 2 heterocycles. The largest absolute Gasteiger partial charge is 0.461 e. The van der Waals surface area contributed by atoms with E-state index in [4.69, 9.17) is 14.2 Å². The van der Waals surface area contributed by atoms with Crippen molar-refractivity contribution in [1.82, 2.24) is 15.6 Å². The summed E-state index contributed by atoms with van der Waals surface area (Å²) in [7, 11) is 0. The average Bonchev–Trinajstić information content (AvgIpc) is 3.45. The second kappa shape index (κ2) is 24.2. The highest BCUT2D eigenvalue weighted by molar-refractivity contribution is 7.09. The zero-order chi connectivity index (χ0) is 35.1. The van der Waals surface area contributed by atoms with Crippen LogP contribution in [0.1, 0.15) is 129 Å². The fourth-order valence-electron chi connectivity index (χ4n) is 4.55. The molecule has 2 N–H and O–H groups in total. The molecular formula is C35H59N3O7S. The third-order valence-corrected chi connectivity index (χ3v) is 7.54. The van der Waals surface area contributed by atoms with Crippen LogP contribution in [-0.2, 0) is 35.0 Å². The molecule has 1 aromatic heterocycles. The van der Waals surface area contributed by atoms with Gasteiger partial charge in [0.05, 0.1) is 17.3 Å². The van der Waals surface area contributed by atoms with E-state index in [0.29, 0.717) is 13.2 Å². The first-order valence-corrected chi connectivity index (χ1v) is 17.4. The van der Waals surface area contributed by atoms with E-state index in [1.807, 2.05) is 27.7 Å². The van der Waals surface area contributed by atoms with Crippen LogP contribution in [0.3, 0.4) is 0 Å². The van der Waals surface area contributed by atoms with Gasteiger partial charge in [-0.3, -0.25) is 14.4 Å². The fraction of sp³-hybridized carbons (Fsp3) is 0.686. The van der Waals surface area contributed by atoms with Gasteiger partial charge in [0.15, 0.2) is 0 Å². The number of hydrogen-bond acceptors (Lipinski definition) is 9. The summed E-state index contributed by atoms with van der Waals surface area (Å²) in [6.45, 7) is 24.4. The number of nitrogens with zero attached hydrogens (tertiary/aromatic N) is 1. The zero-order valence-corrected chi connectivity index (χ0v) is 30.4. The van der Waals surface area contributed by atoms with E-state index in [2.05, 4.69) is 49.5 Å². The number of ether oxygens (including phenoxy) is 3. The van der Waals surface area contributed by atoms with E-state index in [1.165, 1.54) is 56.8 Å². The molecule has 0 saturated carbocycles. The third kappa shape index (κ3) is 20.9. The average molecular weight is 666 g/mol. The van der Waals surface area contributed by atoms with Crippen molar-refractivity contribution in [2.24, 2.45) is 11.8 Å². The standard InChI is InChI=1S/C19H25N3O5S.C10H22.C6H12O2/c1-4-5-16-22-15(11-28-16)18(24)20-12(2)17(23)21-13(3)19(25)27-10-14-6-8-26-9-7-14;1-4-7-10(8-5-2)9-6-3;1-5(7)8-6(2,3)4/h11,14H,2-10H2,1H3,(H,20,24)(H,21,23);10H,4-9H2,1-3H3;1-4H3. The fourth-order valence-corrected chi connectivity index (χ4v) is 5.43. The van der Waals surface area contributed by atoms with Crippen molar-refractivity contribution in [3.63, 3.8) is 0 Å². The lowest BCUT2D eigenvalue weighted by Crippen LogP contribution is -2.36. The summed E-state index contributed by atoms with van der Waals surface area (Å²) < 4.78 is 15.2. The van der Waals surface area contributed by atoms with E-state index in [1.54, 1.807) is 5.38 Å². The molecule has 10 nitrogen and oxygen atoms in total. The van der Waals surface area contributed by atoms with E-state index in [0.717, 1.165) is 36.6 Å². The minimum Gasteiger partial charge on any atom is -0.461 e. The van der Waals surface area contributed by atoms with E-state index < -0.39 is 17.8 Å². The second-order valence-electron chi connectivity index (χ2n) is 12.3. The van der Waals surface area contributed by atoms with Gasteiger partial charge >= 0.3 is 11.9 Å². The Morgan fingerprint density at radius 1 is 0.957 bits per heavy atom. The summed E-state index contributed by atoms with van der Waals surface area (Å²) in [5.74, 6) is -0.955. The summed E-state index contributed by atoms with van der Waals surface area (Å²) in [4.78, 5) is 50.7. The van der Waals surface area contributed by atoms with E-state index >= 15 is 0 Å². The number of rotatable bonds is 15. The topological polar surface area (TPSA) is 133 Å². The van der Waals surface area contributed by atoms with Crippen molar-refractivity contribution < 1.29 is 33.4 Å². The van der Waals surface area contributed by atoms with Gasteiger partial charge in [-0.2, -0.15) is 0 Å². The number of thiazole rings is 1. The lowest BCUT2D eigenvalue weighted by Gasteiger charge is -2.21. The summed E-state index contributed by atoms with van der Waals surface area (Å²) in [6, 6.07) is 0. The first kappa shape index (κ1) is 43.0. The van der Waals surface area contributed by atoms with E-state index in [9.17, 15) is 19.2 Å². The van der Waals surface area contributed by atoms with Gasteiger partial charge < -0.3 is 24.8 Å². The minimum absolute atomic E-state index is 0.214. The summed E-state index contributed by atoms with van der Waals surface area (Å²) in [5.41, 5.74) is -0.539. The van der Waals surface area contributed by atoms with Crippen LogP contribution in [0.25, 0.3) is 0 Å². The quantitative estimate of drug-likeness (QED) is 0.147. The monoisotopic (exact) mass is 665 g/mol. The number of esters is 2. The number of aromatic nitrogens is 1. The molecule has 0 aromatic carbocycles. The van der Waals surface area contributed by atoms with Crippen LogP contribution in [0, 0.1) is 11.8 Å². The maximum absolute atomic E-state index is 12.1. The molecule has 46 heavy (non-hydrogen) atoms. The van der Waals surface area contributed by atoms with Crippen LogP contribution in [0.15, 0.2) is 29.9 Å². The molecule has 1 saturated heterocycles. The van der Waals surface area contributed by atoms with Crippen molar-refractivity contribution in [2.45, 2.75) is 125 Å². The predicted molar refractivity (Wildman–Crippen MR) is 184 cm³/mol. The first-order valence-electron chi connectivity index (χ1n) is 16.6. The van der Waals surface area contributed by atoms with Crippen LogP contribution in [-0.4, -0.2) is 54.2 Å². The van der Waals surface area contributed by atoms with Gasteiger partial charge in [-0.25, -0.2) is 9.78 Å². The molecule has 0 unspecified atom stereocenters. The summed E-state index contributed by atoms with van der Waals surface area (Å²) >= 11 is 1.38. The molecule has 1 aliphatic rings. The molecule has 11 heteroatoms.